The Morgan fingerprint density at radius 1 is 1.14 bits per heavy atom. The molecule has 0 bridgehead atoms. The van der Waals surface area contributed by atoms with Crippen molar-refractivity contribution in [2.45, 2.75) is 13.8 Å². The molecule has 0 unspecified atom stereocenters. The Hall–Kier alpha value is -1.59. The standard InChI is InChI=1S/C16H26N4O/c1-13(2)11-19-7-9-20(10-8-19)12-16(21)18-15-5-3-14(17)4-6-15/h3-6,13H,7-12,17H2,1-2H3,(H,18,21). The van der Waals surface area contributed by atoms with Crippen LogP contribution in [0.2, 0.25) is 0 Å². The number of nitrogens with two attached hydrogens (primary N) is 1. The third kappa shape index (κ3) is 5.36. The number of hydrogen-bond donors (Lipinski definition) is 2. The lowest BCUT2D eigenvalue weighted by molar-refractivity contribution is -0.117. The summed E-state index contributed by atoms with van der Waals surface area (Å²) < 4.78 is 0. The molecule has 1 saturated heterocycles. The van der Waals surface area contributed by atoms with Gasteiger partial charge in [0.25, 0.3) is 0 Å². The van der Waals surface area contributed by atoms with Gasteiger partial charge in [0.05, 0.1) is 6.54 Å². The Balaban J connectivity index is 1.73. The summed E-state index contributed by atoms with van der Waals surface area (Å²) in [7, 11) is 0. The van der Waals surface area contributed by atoms with Crippen LogP contribution in [0.3, 0.4) is 0 Å². The molecule has 3 N–H and O–H groups in total. The van der Waals surface area contributed by atoms with Crippen LogP contribution in [-0.4, -0.2) is 55.0 Å². The number of hydrogen-bond acceptors (Lipinski definition) is 4. The van der Waals surface area contributed by atoms with E-state index in [2.05, 4.69) is 29.0 Å². The molecule has 21 heavy (non-hydrogen) atoms. The zero-order valence-corrected chi connectivity index (χ0v) is 13.0. The van der Waals surface area contributed by atoms with E-state index < -0.39 is 0 Å². The zero-order chi connectivity index (χ0) is 15.2. The monoisotopic (exact) mass is 290 g/mol. The van der Waals surface area contributed by atoms with Gasteiger partial charge in [0.1, 0.15) is 0 Å². The zero-order valence-electron chi connectivity index (χ0n) is 13.0. The fourth-order valence-corrected chi connectivity index (χ4v) is 2.62. The predicted octanol–water partition coefficient (Wildman–Crippen LogP) is 1.48. The Morgan fingerprint density at radius 2 is 1.71 bits per heavy atom. The first-order chi connectivity index (χ1) is 10.0. The fraction of sp³-hybridized carbons (Fsp3) is 0.562. The lowest BCUT2D eigenvalue weighted by atomic mass is 10.2. The average molecular weight is 290 g/mol. The van der Waals surface area contributed by atoms with Crippen molar-refractivity contribution in [2.75, 3.05) is 50.3 Å². The maximum absolute atomic E-state index is 12.0. The summed E-state index contributed by atoms with van der Waals surface area (Å²) >= 11 is 0. The molecule has 5 heteroatoms. The SMILES string of the molecule is CC(C)CN1CCN(CC(=O)Nc2ccc(N)cc2)CC1. The van der Waals surface area contributed by atoms with Crippen LogP contribution in [0.15, 0.2) is 24.3 Å². The minimum absolute atomic E-state index is 0.0390. The predicted molar refractivity (Wildman–Crippen MR) is 87.2 cm³/mol. The number of amides is 1. The molecule has 0 atom stereocenters. The van der Waals surface area contributed by atoms with Crippen LogP contribution in [0.1, 0.15) is 13.8 Å². The van der Waals surface area contributed by atoms with E-state index in [4.69, 9.17) is 5.73 Å². The van der Waals surface area contributed by atoms with Gasteiger partial charge in [0, 0.05) is 44.1 Å². The van der Waals surface area contributed by atoms with Gasteiger partial charge in [0.2, 0.25) is 5.91 Å². The molecule has 1 heterocycles. The van der Waals surface area contributed by atoms with Crippen molar-refractivity contribution in [1.82, 2.24) is 9.80 Å². The highest BCUT2D eigenvalue weighted by molar-refractivity contribution is 5.92. The van der Waals surface area contributed by atoms with Gasteiger partial charge < -0.3 is 16.0 Å². The Kier molecular flexibility index (Phi) is 5.59. The molecule has 0 saturated carbocycles. The molecule has 1 aromatic rings. The van der Waals surface area contributed by atoms with Crippen LogP contribution in [-0.2, 0) is 4.79 Å². The molecule has 1 aliphatic rings. The van der Waals surface area contributed by atoms with Crippen LogP contribution in [0, 0.1) is 5.92 Å². The highest BCUT2D eigenvalue weighted by Crippen LogP contribution is 2.11. The third-order valence-corrected chi connectivity index (χ3v) is 3.65. The lowest BCUT2D eigenvalue weighted by Crippen LogP contribution is -2.49. The highest BCUT2D eigenvalue weighted by Gasteiger charge is 2.19. The first kappa shape index (κ1) is 15.8. The molecule has 2 rings (SSSR count). The quantitative estimate of drug-likeness (QED) is 0.806. The van der Waals surface area contributed by atoms with Crippen molar-refractivity contribution >= 4 is 17.3 Å². The van der Waals surface area contributed by atoms with Crippen molar-refractivity contribution in [2.24, 2.45) is 5.92 Å². The number of nitrogen functional groups attached to an aromatic ring is 1. The number of anilines is 2. The highest BCUT2D eigenvalue weighted by atomic mass is 16.2. The number of benzene rings is 1. The van der Waals surface area contributed by atoms with Gasteiger partial charge in [-0.1, -0.05) is 13.8 Å². The van der Waals surface area contributed by atoms with E-state index >= 15 is 0 Å². The minimum atomic E-state index is 0.0390. The summed E-state index contributed by atoms with van der Waals surface area (Å²) in [5.74, 6) is 0.738. The second-order valence-electron chi connectivity index (χ2n) is 6.14. The van der Waals surface area contributed by atoms with Crippen molar-refractivity contribution in [3.8, 4) is 0 Å². The number of carbonyl (C=O) groups excluding carboxylic acids is 1. The first-order valence-corrected chi connectivity index (χ1v) is 7.63. The van der Waals surface area contributed by atoms with Crippen molar-refractivity contribution in [3.63, 3.8) is 0 Å². The third-order valence-electron chi connectivity index (χ3n) is 3.65. The van der Waals surface area contributed by atoms with E-state index in [1.807, 2.05) is 12.1 Å². The summed E-state index contributed by atoms with van der Waals surface area (Å²) in [4.78, 5) is 16.7. The number of nitrogens with zero attached hydrogens (tertiary/aromatic N) is 2. The van der Waals surface area contributed by atoms with Crippen molar-refractivity contribution < 1.29 is 4.79 Å². The fourth-order valence-electron chi connectivity index (χ4n) is 2.62. The second kappa shape index (κ2) is 7.43. The second-order valence-corrected chi connectivity index (χ2v) is 6.14. The van der Waals surface area contributed by atoms with Gasteiger partial charge in [-0.25, -0.2) is 0 Å². The van der Waals surface area contributed by atoms with Crippen LogP contribution in [0.4, 0.5) is 11.4 Å². The van der Waals surface area contributed by atoms with Gasteiger partial charge in [-0.15, -0.1) is 0 Å². The van der Waals surface area contributed by atoms with Gasteiger partial charge in [-0.2, -0.15) is 0 Å². The van der Waals surface area contributed by atoms with Gasteiger partial charge in [0.15, 0.2) is 0 Å². The van der Waals surface area contributed by atoms with E-state index in [1.165, 1.54) is 0 Å². The molecule has 1 amide bonds. The number of piperazine rings is 1. The molecule has 5 nitrogen and oxygen atoms in total. The maximum atomic E-state index is 12.0. The van der Waals surface area contributed by atoms with E-state index in [-0.39, 0.29) is 5.91 Å². The van der Waals surface area contributed by atoms with E-state index in [0.29, 0.717) is 18.2 Å². The summed E-state index contributed by atoms with van der Waals surface area (Å²) in [5.41, 5.74) is 7.13. The Morgan fingerprint density at radius 3 is 2.29 bits per heavy atom. The van der Waals surface area contributed by atoms with E-state index in [9.17, 15) is 4.79 Å². The topological polar surface area (TPSA) is 61.6 Å². The molecule has 116 valence electrons. The van der Waals surface area contributed by atoms with E-state index in [1.54, 1.807) is 12.1 Å². The molecule has 0 aromatic heterocycles. The summed E-state index contributed by atoms with van der Waals surface area (Å²) in [6.07, 6.45) is 0. The van der Waals surface area contributed by atoms with Gasteiger partial charge in [-0.05, 0) is 30.2 Å². The lowest BCUT2D eigenvalue weighted by Gasteiger charge is -2.35. The average Bonchev–Trinajstić information content (AvgIpc) is 2.43. The summed E-state index contributed by atoms with van der Waals surface area (Å²) in [6, 6.07) is 7.24. The molecule has 1 fully saturated rings. The molecular formula is C16H26N4O. The minimum Gasteiger partial charge on any atom is -0.399 e. The molecule has 1 aliphatic heterocycles. The molecular weight excluding hydrogens is 264 g/mol. The summed E-state index contributed by atoms with van der Waals surface area (Å²) in [5, 5.41) is 2.91. The molecule has 1 aromatic carbocycles. The van der Waals surface area contributed by atoms with Gasteiger partial charge in [-0.3, -0.25) is 9.69 Å². The van der Waals surface area contributed by atoms with Crippen LogP contribution in [0.25, 0.3) is 0 Å². The molecule has 0 aliphatic carbocycles. The molecule has 0 spiro atoms. The number of carbonyl (C=O) groups is 1. The Labute approximate surface area is 127 Å². The van der Waals surface area contributed by atoms with Gasteiger partial charge >= 0.3 is 0 Å². The number of rotatable bonds is 5. The van der Waals surface area contributed by atoms with Crippen molar-refractivity contribution in [3.05, 3.63) is 24.3 Å². The smallest absolute Gasteiger partial charge is 0.238 e. The maximum Gasteiger partial charge on any atom is 0.238 e. The van der Waals surface area contributed by atoms with Crippen molar-refractivity contribution in [1.29, 1.82) is 0 Å². The largest absolute Gasteiger partial charge is 0.399 e. The molecule has 0 radical (unpaired) electrons. The van der Waals surface area contributed by atoms with Crippen LogP contribution < -0.4 is 11.1 Å². The first-order valence-electron chi connectivity index (χ1n) is 7.63. The normalized spacial score (nSPS) is 17.1. The van der Waals surface area contributed by atoms with Crippen LogP contribution in [0.5, 0.6) is 0 Å². The summed E-state index contributed by atoms with van der Waals surface area (Å²) in [6.45, 7) is 10.1. The van der Waals surface area contributed by atoms with Crippen LogP contribution >= 0.6 is 0 Å². The number of nitrogens with one attached hydrogen (secondary N) is 1. The Bertz CT molecular complexity index is 450. The van der Waals surface area contributed by atoms with E-state index in [0.717, 1.165) is 38.4 Å².